The van der Waals surface area contributed by atoms with Gasteiger partial charge in [-0.15, -0.1) is 0 Å². The molecular formula is C14H30N2O2S. The van der Waals surface area contributed by atoms with Gasteiger partial charge in [0.1, 0.15) is 0 Å². The molecule has 0 saturated carbocycles. The van der Waals surface area contributed by atoms with Gasteiger partial charge in [0.2, 0.25) is 0 Å². The van der Waals surface area contributed by atoms with Crippen molar-refractivity contribution in [3.63, 3.8) is 0 Å². The highest BCUT2D eigenvalue weighted by Gasteiger charge is 2.31. The molecule has 0 aliphatic carbocycles. The van der Waals surface area contributed by atoms with E-state index >= 15 is 0 Å². The van der Waals surface area contributed by atoms with Crippen molar-refractivity contribution >= 4 is 9.84 Å². The molecule has 0 radical (unpaired) electrons. The first-order valence-electron chi connectivity index (χ1n) is 7.35. The molecule has 0 amide bonds. The van der Waals surface area contributed by atoms with Crippen LogP contribution in [-0.2, 0) is 9.84 Å². The number of nitrogens with one attached hydrogen (secondary N) is 1. The van der Waals surface area contributed by atoms with Gasteiger partial charge in [0, 0.05) is 19.1 Å². The van der Waals surface area contributed by atoms with E-state index < -0.39 is 14.6 Å². The Bertz CT molecular complexity index is 373. The molecule has 4 nitrogen and oxygen atoms in total. The van der Waals surface area contributed by atoms with E-state index in [1.165, 1.54) is 0 Å². The molecule has 19 heavy (non-hydrogen) atoms. The number of hydrogen-bond acceptors (Lipinski definition) is 4. The minimum absolute atomic E-state index is 0.273. The van der Waals surface area contributed by atoms with Crippen molar-refractivity contribution in [2.75, 3.05) is 31.9 Å². The lowest BCUT2D eigenvalue weighted by molar-refractivity contribution is 0.155. The zero-order chi connectivity index (χ0) is 14.7. The van der Waals surface area contributed by atoms with Crippen molar-refractivity contribution in [3.05, 3.63) is 0 Å². The average molecular weight is 290 g/mol. The van der Waals surface area contributed by atoms with Crippen LogP contribution >= 0.6 is 0 Å². The first-order valence-corrected chi connectivity index (χ1v) is 9.00. The Balaban J connectivity index is 2.45. The predicted molar refractivity (Wildman–Crippen MR) is 81.2 cm³/mol. The van der Waals surface area contributed by atoms with Gasteiger partial charge in [-0.3, -0.25) is 0 Å². The highest BCUT2D eigenvalue weighted by Crippen LogP contribution is 2.19. The largest absolute Gasteiger partial charge is 0.314 e. The molecule has 2 unspecified atom stereocenters. The molecule has 1 aliphatic rings. The number of likely N-dealkylation sites (tertiary alicyclic amines) is 1. The highest BCUT2D eigenvalue weighted by molar-refractivity contribution is 7.92. The van der Waals surface area contributed by atoms with Crippen LogP contribution in [0.15, 0.2) is 0 Å². The minimum atomic E-state index is -3.00. The third-order valence-electron chi connectivity index (χ3n) is 4.06. The van der Waals surface area contributed by atoms with E-state index in [0.29, 0.717) is 18.5 Å². The molecule has 0 spiro atoms. The molecule has 1 fully saturated rings. The van der Waals surface area contributed by atoms with E-state index in [0.717, 1.165) is 26.1 Å². The molecule has 0 aromatic rings. The van der Waals surface area contributed by atoms with E-state index in [2.05, 4.69) is 24.1 Å². The summed E-state index contributed by atoms with van der Waals surface area (Å²) < 4.78 is 23.6. The average Bonchev–Trinajstić information content (AvgIpc) is 2.28. The Morgan fingerprint density at radius 2 is 1.95 bits per heavy atom. The number of rotatable bonds is 5. The molecule has 1 saturated heterocycles. The van der Waals surface area contributed by atoms with Crippen LogP contribution in [0.3, 0.4) is 0 Å². The Labute approximate surface area is 118 Å². The monoisotopic (exact) mass is 290 g/mol. The van der Waals surface area contributed by atoms with Crippen LogP contribution in [0.4, 0.5) is 0 Å². The molecule has 0 aromatic carbocycles. The normalized spacial score (nSPS) is 26.6. The Kier molecular flexibility index (Phi) is 5.83. The molecule has 1 rings (SSSR count). The van der Waals surface area contributed by atoms with Gasteiger partial charge in [-0.2, -0.15) is 0 Å². The van der Waals surface area contributed by atoms with Crippen molar-refractivity contribution in [1.29, 1.82) is 0 Å². The van der Waals surface area contributed by atoms with Crippen molar-refractivity contribution in [1.82, 2.24) is 10.2 Å². The van der Waals surface area contributed by atoms with E-state index in [1.54, 1.807) is 20.8 Å². The van der Waals surface area contributed by atoms with Crippen LogP contribution in [0.2, 0.25) is 0 Å². The summed E-state index contributed by atoms with van der Waals surface area (Å²) in [5, 5.41) is 3.51. The summed E-state index contributed by atoms with van der Waals surface area (Å²) in [6.45, 7) is 13.4. The molecule has 1 aliphatic heterocycles. The number of hydrogen-bond donors (Lipinski definition) is 1. The summed E-state index contributed by atoms with van der Waals surface area (Å²) in [6.07, 6.45) is 1.12. The molecule has 114 valence electrons. The van der Waals surface area contributed by atoms with Crippen LogP contribution in [0.5, 0.6) is 0 Å². The predicted octanol–water partition coefficient (Wildman–Crippen LogP) is 1.52. The Morgan fingerprint density at radius 3 is 2.42 bits per heavy atom. The van der Waals surface area contributed by atoms with Crippen LogP contribution < -0.4 is 5.32 Å². The smallest absolute Gasteiger partial charge is 0.156 e. The fraction of sp³-hybridized carbons (Fsp3) is 1.00. The standard InChI is InChI=1S/C14H30N2O2S/c1-6-15-13-7-8-16(11-12(13)2)9-10-19(17,18)14(3,4)5/h12-13,15H,6-11H2,1-5H3. The van der Waals surface area contributed by atoms with Gasteiger partial charge in [-0.05, 0) is 46.2 Å². The second-order valence-electron chi connectivity index (χ2n) is 6.66. The lowest BCUT2D eigenvalue weighted by Crippen LogP contribution is -2.49. The van der Waals surface area contributed by atoms with E-state index in [4.69, 9.17) is 0 Å². The maximum absolute atomic E-state index is 12.1. The SMILES string of the molecule is CCNC1CCN(CCS(=O)(=O)C(C)(C)C)CC1C. The van der Waals surface area contributed by atoms with Gasteiger partial charge in [-0.25, -0.2) is 8.42 Å². The maximum Gasteiger partial charge on any atom is 0.156 e. The van der Waals surface area contributed by atoms with Crippen molar-refractivity contribution in [3.8, 4) is 0 Å². The summed E-state index contributed by atoms with van der Waals surface area (Å²) in [5.74, 6) is 0.862. The topological polar surface area (TPSA) is 49.4 Å². The second-order valence-corrected chi connectivity index (χ2v) is 9.52. The minimum Gasteiger partial charge on any atom is -0.314 e. The van der Waals surface area contributed by atoms with Gasteiger partial charge in [-0.1, -0.05) is 13.8 Å². The summed E-state index contributed by atoms with van der Waals surface area (Å²) in [4.78, 5) is 2.29. The van der Waals surface area contributed by atoms with Crippen molar-refractivity contribution in [2.24, 2.45) is 5.92 Å². The summed E-state index contributed by atoms with van der Waals surface area (Å²) in [6, 6.07) is 0.584. The number of nitrogens with zero attached hydrogens (tertiary/aromatic N) is 1. The van der Waals surface area contributed by atoms with Crippen LogP contribution in [0.1, 0.15) is 41.0 Å². The summed E-state index contributed by atoms with van der Waals surface area (Å²) >= 11 is 0. The highest BCUT2D eigenvalue weighted by atomic mass is 32.2. The molecule has 5 heteroatoms. The van der Waals surface area contributed by atoms with Gasteiger partial charge in [0.15, 0.2) is 9.84 Å². The Morgan fingerprint density at radius 1 is 1.32 bits per heavy atom. The van der Waals surface area contributed by atoms with Gasteiger partial charge in [0.05, 0.1) is 10.5 Å². The van der Waals surface area contributed by atoms with E-state index in [1.807, 2.05) is 0 Å². The molecular weight excluding hydrogens is 260 g/mol. The van der Waals surface area contributed by atoms with Crippen LogP contribution in [0.25, 0.3) is 0 Å². The summed E-state index contributed by atoms with van der Waals surface area (Å²) in [5.41, 5.74) is 0. The number of sulfone groups is 1. The molecule has 0 bridgehead atoms. The number of piperidine rings is 1. The first-order chi connectivity index (χ1) is 8.67. The maximum atomic E-state index is 12.1. The quantitative estimate of drug-likeness (QED) is 0.834. The fourth-order valence-corrected chi connectivity index (χ4v) is 3.67. The second kappa shape index (κ2) is 6.55. The molecule has 2 atom stereocenters. The Hall–Kier alpha value is -0.130. The molecule has 1 heterocycles. The molecule has 0 aromatic heterocycles. The van der Waals surface area contributed by atoms with Gasteiger partial charge < -0.3 is 10.2 Å². The lowest BCUT2D eigenvalue weighted by atomic mass is 9.94. The van der Waals surface area contributed by atoms with E-state index in [-0.39, 0.29) is 5.75 Å². The van der Waals surface area contributed by atoms with Crippen molar-refractivity contribution in [2.45, 2.75) is 51.8 Å². The molecule has 1 N–H and O–H groups in total. The third kappa shape index (κ3) is 4.72. The van der Waals surface area contributed by atoms with Crippen LogP contribution in [0, 0.1) is 5.92 Å². The van der Waals surface area contributed by atoms with Gasteiger partial charge in [0.25, 0.3) is 0 Å². The van der Waals surface area contributed by atoms with Crippen LogP contribution in [-0.4, -0.2) is 56.0 Å². The zero-order valence-electron chi connectivity index (χ0n) is 13.1. The lowest BCUT2D eigenvalue weighted by Gasteiger charge is -2.37. The fourth-order valence-electron chi connectivity index (χ4n) is 2.56. The summed E-state index contributed by atoms with van der Waals surface area (Å²) in [7, 11) is -3.00. The van der Waals surface area contributed by atoms with Crippen molar-refractivity contribution < 1.29 is 8.42 Å². The third-order valence-corrected chi connectivity index (χ3v) is 6.65. The van der Waals surface area contributed by atoms with E-state index in [9.17, 15) is 8.42 Å². The van der Waals surface area contributed by atoms with Gasteiger partial charge >= 0.3 is 0 Å². The first kappa shape index (κ1) is 16.9. The zero-order valence-corrected chi connectivity index (χ0v) is 13.9.